The van der Waals surface area contributed by atoms with Crippen molar-refractivity contribution in [3.8, 4) is 5.75 Å². The Labute approximate surface area is 186 Å². The molecule has 0 aromatic heterocycles. The molecule has 2 amide bonds. The number of halogens is 2. The summed E-state index contributed by atoms with van der Waals surface area (Å²) < 4.78 is 5.14. The van der Waals surface area contributed by atoms with Crippen molar-refractivity contribution in [1.29, 1.82) is 0 Å². The molecule has 1 aliphatic heterocycles. The Balaban J connectivity index is 1.39. The molecule has 1 saturated heterocycles. The van der Waals surface area contributed by atoms with Gasteiger partial charge in [-0.25, -0.2) is 0 Å². The number of rotatable bonds is 7. The number of likely N-dealkylation sites (tertiary alicyclic amines) is 1. The van der Waals surface area contributed by atoms with Gasteiger partial charge in [-0.2, -0.15) is 0 Å². The van der Waals surface area contributed by atoms with Crippen LogP contribution in [0.3, 0.4) is 0 Å². The predicted octanol–water partition coefficient (Wildman–Crippen LogP) is 3.97. The number of carbonyl (C=O) groups is 2. The fraction of sp³-hybridized carbons (Fsp3) is 0.364. The fourth-order valence-corrected chi connectivity index (χ4v) is 3.71. The molecule has 160 valence electrons. The largest absolute Gasteiger partial charge is 0.497 e. The van der Waals surface area contributed by atoms with Gasteiger partial charge in [0.1, 0.15) is 5.75 Å². The number of piperidine rings is 1. The molecule has 3 rings (SSSR count). The van der Waals surface area contributed by atoms with Crippen LogP contribution in [0.1, 0.15) is 18.4 Å². The number of nitrogens with one attached hydrogen (secondary N) is 2. The molecule has 8 heteroatoms. The second kappa shape index (κ2) is 10.7. The molecule has 0 radical (unpaired) electrons. The number of benzene rings is 2. The Morgan fingerprint density at radius 1 is 1.07 bits per heavy atom. The first kappa shape index (κ1) is 22.4. The predicted molar refractivity (Wildman–Crippen MR) is 119 cm³/mol. The smallest absolute Gasteiger partial charge is 0.238 e. The van der Waals surface area contributed by atoms with Gasteiger partial charge < -0.3 is 15.4 Å². The maximum atomic E-state index is 12.5. The van der Waals surface area contributed by atoms with Gasteiger partial charge in [0.05, 0.1) is 23.7 Å². The molecule has 2 aromatic carbocycles. The molecule has 30 heavy (non-hydrogen) atoms. The number of ether oxygens (including phenoxy) is 1. The van der Waals surface area contributed by atoms with E-state index in [1.54, 1.807) is 25.3 Å². The van der Waals surface area contributed by atoms with E-state index in [9.17, 15) is 9.59 Å². The van der Waals surface area contributed by atoms with Crippen LogP contribution in [0.2, 0.25) is 10.0 Å². The maximum Gasteiger partial charge on any atom is 0.238 e. The van der Waals surface area contributed by atoms with Crippen LogP contribution in [0.25, 0.3) is 0 Å². The summed E-state index contributed by atoms with van der Waals surface area (Å²) in [6.07, 6.45) is 1.46. The number of methoxy groups -OCH3 is 1. The molecule has 6 nitrogen and oxygen atoms in total. The van der Waals surface area contributed by atoms with Gasteiger partial charge in [-0.05, 0) is 61.8 Å². The van der Waals surface area contributed by atoms with Crippen molar-refractivity contribution in [2.45, 2.75) is 19.4 Å². The van der Waals surface area contributed by atoms with E-state index in [2.05, 4.69) is 15.5 Å². The molecule has 0 saturated carbocycles. The number of carbonyl (C=O) groups excluding carboxylic acids is 2. The van der Waals surface area contributed by atoms with E-state index >= 15 is 0 Å². The van der Waals surface area contributed by atoms with Crippen molar-refractivity contribution in [1.82, 2.24) is 10.2 Å². The molecule has 0 atom stereocenters. The normalized spacial score (nSPS) is 14.9. The zero-order valence-electron chi connectivity index (χ0n) is 16.8. The minimum absolute atomic E-state index is 0.0300. The van der Waals surface area contributed by atoms with Gasteiger partial charge in [0.25, 0.3) is 0 Å². The number of hydrogen-bond acceptors (Lipinski definition) is 4. The molecule has 1 heterocycles. The molecule has 0 unspecified atom stereocenters. The van der Waals surface area contributed by atoms with Crippen LogP contribution in [-0.4, -0.2) is 43.5 Å². The highest BCUT2D eigenvalue weighted by Crippen LogP contribution is 2.25. The van der Waals surface area contributed by atoms with E-state index in [0.29, 0.717) is 35.4 Å². The molecular formula is C22H25Cl2N3O3. The lowest BCUT2D eigenvalue weighted by atomic mass is 9.96. The zero-order valence-corrected chi connectivity index (χ0v) is 18.3. The second-order valence-corrected chi connectivity index (χ2v) is 8.11. The van der Waals surface area contributed by atoms with Crippen LogP contribution in [0, 0.1) is 5.92 Å². The highest BCUT2D eigenvalue weighted by molar-refractivity contribution is 6.42. The Hall–Kier alpha value is -2.28. The number of anilines is 1. The quantitative estimate of drug-likeness (QED) is 0.670. The van der Waals surface area contributed by atoms with Crippen molar-refractivity contribution in [2.24, 2.45) is 5.92 Å². The molecule has 1 aliphatic rings. The summed E-state index contributed by atoms with van der Waals surface area (Å²) in [4.78, 5) is 26.8. The van der Waals surface area contributed by atoms with Crippen molar-refractivity contribution in [3.05, 3.63) is 58.1 Å². The fourth-order valence-electron chi connectivity index (χ4n) is 3.41. The summed E-state index contributed by atoms with van der Waals surface area (Å²) in [6.45, 7) is 2.18. The van der Waals surface area contributed by atoms with Gasteiger partial charge in [0.2, 0.25) is 11.8 Å². The highest BCUT2D eigenvalue weighted by Gasteiger charge is 2.25. The Bertz CT molecular complexity index is 882. The molecular weight excluding hydrogens is 425 g/mol. The maximum absolute atomic E-state index is 12.5. The van der Waals surface area contributed by atoms with Gasteiger partial charge in [-0.1, -0.05) is 35.3 Å². The molecule has 2 N–H and O–H groups in total. The SMILES string of the molecule is COc1ccc(CNC(=O)C2CCN(CC(=O)Nc3ccc(Cl)c(Cl)c3)CC2)cc1. The summed E-state index contributed by atoms with van der Waals surface area (Å²) in [7, 11) is 1.63. The summed E-state index contributed by atoms with van der Waals surface area (Å²) >= 11 is 11.9. The number of amides is 2. The first-order chi connectivity index (χ1) is 14.4. The average Bonchev–Trinajstić information content (AvgIpc) is 2.75. The Morgan fingerprint density at radius 3 is 2.40 bits per heavy atom. The second-order valence-electron chi connectivity index (χ2n) is 7.29. The van der Waals surface area contributed by atoms with E-state index in [4.69, 9.17) is 27.9 Å². The molecule has 0 spiro atoms. The van der Waals surface area contributed by atoms with E-state index in [1.807, 2.05) is 24.3 Å². The van der Waals surface area contributed by atoms with Crippen molar-refractivity contribution >= 4 is 40.7 Å². The lowest BCUT2D eigenvalue weighted by molar-refractivity contribution is -0.126. The van der Waals surface area contributed by atoms with Gasteiger partial charge >= 0.3 is 0 Å². The van der Waals surface area contributed by atoms with Crippen LogP contribution in [0.4, 0.5) is 5.69 Å². The van der Waals surface area contributed by atoms with E-state index in [-0.39, 0.29) is 24.3 Å². The molecule has 0 aliphatic carbocycles. The number of nitrogens with zero attached hydrogens (tertiary/aromatic N) is 1. The molecule has 1 fully saturated rings. The highest BCUT2D eigenvalue weighted by atomic mass is 35.5. The third kappa shape index (κ3) is 6.36. The topological polar surface area (TPSA) is 70.7 Å². The van der Waals surface area contributed by atoms with Gasteiger partial charge in [0, 0.05) is 18.2 Å². The summed E-state index contributed by atoms with van der Waals surface area (Å²) in [5.74, 6) is 0.708. The first-order valence-corrected chi connectivity index (χ1v) is 10.6. The summed E-state index contributed by atoms with van der Waals surface area (Å²) in [5, 5.41) is 6.67. The lowest BCUT2D eigenvalue weighted by Crippen LogP contribution is -2.43. The lowest BCUT2D eigenvalue weighted by Gasteiger charge is -2.30. The summed E-state index contributed by atoms with van der Waals surface area (Å²) in [6, 6.07) is 12.6. The Morgan fingerprint density at radius 2 is 1.77 bits per heavy atom. The van der Waals surface area contributed by atoms with Crippen LogP contribution < -0.4 is 15.4 Å². The van der Waals surface area contributed by atoms with Crippen LogP contribution in [0.5, 0.6) is 5.75 Å². The van der Waals surface area contributed by atoms with E-state index in [1.165, 1.54) is 0 Å². The van der Waals surface area contributed by atoms with Crippen LogP contribution in [0.15, 0.2) is 42.5 Å². The Kier molecular flexibility index (Phi) is 7.96. The number of hydrogen-bond donors (Lipinski definition) is 2. The minimum atomic E-state index is -0.115. The van der Waals surface area contributed by atoms with Crippen molar-refractivity contribution < 1.29 is 14.3 Å². The standard InChI is InChI=1S/C22H25Cl2N3O3/c1-30-18-5-2-15(3-6-18)13-25-22(29)16-8-10-27(11-9-16)14-21(28)26-17-4-7-19(23)20(24)12-17/h2-7,12,16H,8-11,13-14H2,1H3,(H,25,29)(H,26,28). The zero-order chi connectivity index (χ0) is 21.5. The van der Waals surface area contributed by atoms with Crippen LogP contribution in [-0.2, 0) is 16.1 Å². The third-order valence-corrected chi connectivity index (χ3v) is 5.89. The van der Waals surface area contributed by atoms with Crippen molar-refractivity contribution in [2.75, 3.05) is 32.1 Å². The van der Waals surface area contributed by atoms with Gasteiger partial charge in [0.15, 0.2) is 0 Å². The first-order valence-electron chi connectivity index (χ1n) is 9.82. The molecule has 2 aromatic rings. The van der Waals surface area contributed by atoms with Crippen molar-refractivity contribution in [3.63, 3.8) is 0 Å². The average molecular weight is 450 g/mol. The van der Waals surface area contributed by atoms with Crippen LogP contribution >= 0.6 is 23.2 Å². The minimum Gasteiger partial charge on any atom is -0.497 e. The van der Waals surface area contributed by atoms with Gasteiger partial charge in [-0.15, -0.1) is 0 Å². The summed E-state index contributed by atoms with van der Waals surface area (Å²) in [5.41, 5.74) is 1.64. The van der Waals surface area contributed by atoms with E-state index in [0.717, 1.165) is 24.2 Å². The van der Waals surface area contributed by atoms with E-state index < -0.39 is 0 Å². The van der Waals surface area contributed by atoms with Gasteiger partial charge in [-0.3, -0.25) is 14.5 Å². The third-order valence-electron chi connectivity index (χ3n) is 5.15. The molecule has 0 bridgehead atoms. The monoisotopic (exact) mass is 449 g/mol.